The Bertz CT molecular complexity index is 1930. The normalized spacial score (nSPS) is 16.5. The number of aromatic nitrogens is 2. The van der Waals surface area contributed by atoms with Gasteiger partial charge >= 0.3 is 6.09 Å². The number of nitrogens with zero attached hydrogens (tertiary/aromatic N) is 3. The first kappa shape index (κ1) is 35.5. The lowest BCUT2D eigenvalue weighted by Crippen LogP contribution is -2.49. The van der Waals surface area contributed by atoms with Crippen LogP contribution in [0.15, 0.2) is 97.3 Å². The first-order valence-corrected chi connectivity index (χ1v) is 16.5. The lowest BCUT2D eigenvalue weighted by Gasteiger charge is -2.31. The average Bonchev–Trinajstić information content (AvgIpc) is 3.13. The molecule has 1 aliphatic heterocycles. The predicted molar refractivity (Wildman–Crippen MR) is 185 cm³/mol. The summed E-state index contributed by atoms with van der Waals surface area (Å²) in [5.41, 5.74) is 9.48. The second-order valence-corrected chi connectivity index (χ2v) is 12.4. The first-order chi connectivity index (χ1) is 24.6. The minimum atomic E-state index is -1.20. The standard InChI is InChI=1S/C38H37F3N6O4/c1-47(21-28-15-10-23-4-2-3-5-32(23)45-28)38(49)51-34-22-50-29(18-44-34)16-17-30-31(41)19-43-20-33(30)46-37(48)36(42)35(24-6-11-26(39)12-7-24)25-8-13-27(40)14-9-25/h2-15,19-20,29,34-36,44H,16-18,21-22,42H2,1H3,(H,46,48)/t29-,34+,36+/m1/s1. The van der Waals surface area contributed by atoms with Gasteiger partial charge in [0.2, 0.25) is 5.91 Å². The van der Waals surface area contributed by atoms with Crippen LogP contribution in [-0.2, 0) is 27.2 Å². The zero-order valence-electron chi connectivity index (χ0n) is 27.8. The summed E-state index contributed by atoms with van der Waals surface area (Å²) in [5, 5.41) is 6.88. The van der Waals surface area contributed by atoms with E-state index in [9.17, 15) is 18.4 Å². The highest BCUT2D eigenvalue weighted by molar-refractivity contribution is 5.96. The van der Waals surface area contributed by atoms with Gasteiger partial charge in [0.05, 0.1) is 54.6 Å². The van der Waals surface area contributed by atoms with Crippen molar-refractivity contribution in [3.63, 3.8) is 0 Å². The maximum atomic E-state index is 15.1. The fourth-order valence-corrected chi connectivity index (χ4v) is 6.02. The van der Waals surface area contributed by atoms with Gasteiger partial charge in [0, 0.05) is 30.5 Å². The highest BCUT2D eigenvalue weighted by Gasteiger charge is 2.30. The molecule has 0 radical (unpaired) electrons. The molecule has 2 aromatic heterocycles. The van der Waals surface area contributed by atoms with E-state index in [-0.39, 0.29) is 36.9 Å². The summed E-state index contributed by atoms with van der Waals surface area (Å²) in [5.74, 6) is -2.93. The highest BCUT2D eigenvalue weighted by atomic mass is 19.1. The van der Waals surface area contributed by atoms with Crippen molar-refractivity contribution >= 4 is 28.6 Å². The molecule has 3 atom stereocenters. The van der Waals surface area contributed by atoms with E-state index in [2.05, 4.69) is 20.6 Å². The molecule has 3 heterocycles. The third-order valence-electron chi connectivity index (χ3n) is 8.77. The number of pyridine rings is 2. The number of hydrogen-bond acceptors (Lipinski definition) is 8. The van der Waals surface area contributed by atoms with Crippen LogP contribution in [0, 0.1) is 17.5 Å². The summed E-state index contributed by atoms with van der Waals surface area (Å²) < 4.78 is 54.0. The van der Waals surface area contributed by atoms with Gasteiger partial charge in [-0.3, -0.25) is 20.1 Å². The van der Waals surface area contributed by atoms with E-state index < -0.39 is 47.6 Å². The molecule has 2 amide bonds. The van der Waals surface area contributed by atoms with Crippen molar-refractivity contribution in [2.24, 2.45) is 5.73 Å². The average molecular weight is 699 g/mol. The molecule has 1 aliphatic rings. The molecule has 51 heavy (non-hydrogen) atoms. The molecular weight excluding hydrogens is 661 g/mol. The Balaban J connectivity index is 1.03. The maximum Gasteiger partial charge on any atom is 0.411 e. The van der Waals surface area contributed by atoms with Crippen LogP contribution in [0.2, 0.25) is 0 Å². The largest absolute Gasteiger partial charge is 0.428 e. The molecule has 13 heteroatoms. The van der Waals surface area contributed by atoms with Crippen LogP contribution in [0.4, 0.5) is 23.7 Å². The summed E-state index contributed by atoms with van der Waals surface area (Å²) >= 11 is 0. The number of para-hydroxylation sites is 1. The molecule has 4 N–H and O–H groups in total. The van der Waals surface area contributed by atoms with Crippen molar-refractivity contribution in [3.05, 3.63) is 137 Å². The summed E-state index contributed by atoms with van der Waals surface area (Å²) in [6.07, 6.45) is 1.42. The number of carbonyl (C=O) groups is 2. The molecule has 0 saturated carbocycles. The van der Waals surface area contributed by atoms with Crippen LogP contribution in [0.3, 0.4) is 0 Å². The van der Waals surface area contributed by atoms with Crippen molar-refractivity contribution in [1.29, 1.82) is 0 Å². The van der Waals surface area contributed by atoms with E-state index in [0.29, 0.717) is 24.1 Å². The van der Waals surface area contributed by atoms with E-state index in [1.165, 1.54) is 59.6 Å². The number of fused-ring (bicyclic) bond motifs is 1. The Morgan fingerprint density at radius 3 is 2.33 bits per heavy atom. The monoisotopic (exact) mass is 698 g/mol. The van der Waals surface area contributed by atoms with Crippen molar-refractivity contribution in [2.75, 3.05) is 25.5 Å². The van der Waals surface area contributed by atoms with Crippen LogP contribution >= 0.6 is 0 Å². The molecule has 0 bridgehead atoms. The Hall–Kier alpha value is -5.37. The van der Waals surface area contributed by atoms with Gasteiger partial charge in [-0.1, -0.05) is 48.5 Å². The zero-order valence-corrected chi connectivity index (χ0v) is 27.8. The molecule has 6 rings (SSSR count). The Morgan fingerprint density at radius 1 is 0.980 bits per heavy atom. The number of carbonyl (C=O) groups excluding carboxylic acids is 2. The number of rotatable bonds is 11. The van der Waals surface area contributed by atoms with Crippen LogP contribution in [0.5, 0.6) is 0 Å². The van der Waals surface area contributed by atoms with E-state index in [0.717, 1.165) is 22.8 Å². The molecule has 0 aliphatic carbocycles. The number of nitrogens with one attached hydrogen (secondary N) is 2. The number of benzene rings is 3. The minimum Gasteiger partial charge on any atom is -0.428 e. The molecule has 0 unspecified atom stereocenters. The topological polar surface area (TPSA) is 132 Å². The molecule has 10 nitrogen and oxygen atoms in total. The van der Waals surface area contributed by atoms with Gasteiger partial charge in [-0.05, 0) is 60.4 Å². The van der Waals surface area contributed by atoms with Crippen LogP contribution in [0.25, 0.3) is 10.9 Å². The first-order valence-electron chi connectivity index (χ1n) is 16.5. The zero-order chi connectivity index (χ0) is 35.9. The quantitative estimate of drug-likeness (QED) is 0.161. The second kappa shape index (κ2) is 16.1. The fourth-order valence-electron chi connectivity index (χ4n) is 6.02. The Labute approximate surface area is 292 Å². The van der Waals surface area contributed by atoms with Gasteiger partial charge < -0.3 is 25.4 Å². The number of morpholine rings is 1. The van der Waals surface area contributed by atoms with Gasteiger partial charge in [0.1, 0.15) is 17.5 Å². The SMILES string of the molecule is CN(Cc1ccc2ccccc2n1)C(=O)O[C@H]1CO[C@H](CCc2c(F)cncc2NC(=O)[C@@H](N)C(c2ccc(F)cc2)c2ccc(F)cc2)CN1. The molecule has 5 aromatic rings. The van der Waals surface area contributed by atoms with Crippen molar-refractivity contribution in [3.8, 4) is 0 Å². The molecule has 1 fully saturated rings. The molecule has 1 saturated heterocycles. The number of anilines is 1. The maximum absolute atomic E-state index is 15.1. The van der Waals surface area contributed by atoms with E-state index in [4.69, 9.17) is 15.2 Å². The van der Waals surface area contributed by atoms with E-state index >= 15 is 4.39 Å². The number of halogens is 3. The highest BCUT2D eigenvalue weighted by Crippen LogP contribution is 2.30. The van der Waals surface area contributed by atoms with E-state index in [1.54, 1.807) is 7.05 Å². The summed E-state index contributed by atoms with van der Waals surface area (Å²) in [7, 11) is 1.63. The summed E-state index contributed by atoms with van der Waals surface area (Å²) in [6.45, 7) is 0.689. The van der Waals surface area contributed by atoms with Crippen molar-refractivity contribution in [1.82, 2.24) is 20.2 Å². The van der Waals surface area contributed by atoms with Crippen LogP contribution in [0.1, 0.15) is 34.7 Å². The summed E-state index contributed by atoms with van der Waals surface area (Å²) in [6, 6.07) is 21.4. The van der Waals surface area contributed by atoms with Gasteiger partial charge in [-0.15, -0.1) is 0 Å². The number of hydrogen-bond donors (Lipinski definition) is 3. The van der Waals surface area contributed by atoms with Crippen LogP contribution < -0.4 is 16.4 Å². The summed E-state index contributed by atoms with van der Waals surface area (Å²) in [4.78, 5) is 36.2. The minimum absolute atomic E-state index is 0.0872. The van der Waals surface area contributed by atoms with E-state index in [1.807, 2.05) is 36.4 Å². The number of ether oxygens (including phenoxy) is 2. The lowest BCUT2D eigenvalue weighted by molar-refractivity contribution is -0.117. The molecule has 3 aromatic carbocycles. The Kier molecular flexibility index (Phi) is 11.2. The predicted octanol–water partition coefficient (Wildman–Crippen LogP) is 5.66. The van der Waals surface area contributed by atoms with Crippen molar-refractivity contribution in [2.45, 2.75) is 43.7 Å². The third-order valence-corrected chi connectivity index (χ3v) is 8.77. The van der Waals surface area contributed by atoms with Crippen LogP contribution in [-0.4, -0.2) is 65.4 Å². The molecule has 0 spiro atoms. The van der Waals surface area contributed by atoms with Gasteiger partial charge in [0.25, 0.3) is 0 Å². The number of amides is 2. The third kappa shape index (κ3) is 8.87. The molecule has 264 valence electrons. The van der Waals surface area contributed by atoms with Crippen molar-refractivity contribution < 1.29 is 32.2 Å². The molecular formula is C38H37F3N6O4. The number of nitrogens with two attached hydrogens (primary N) is 1. The smallest absolute Gasteiger partial charge is 0.411 e. The Morgan fingerprint density at radius 2 is 1.67 bits per heavy atom. The van der Waals surface area contributed by atoms with Gasteiger partial charge in [0.15, 0.2) is 6.23 Å². The second-order valence-electron chi connectivity index (χ2n) is 12.4. The lowest BCUT2D eigenvalue weighted by atomic mass is 9.85. The van der Waals surface area contributed by atoms with Gasteiger partial charge in [-0.2, -0.15) is 0 Å². The van der Waals surface area contributed by atoms with Gasteiger partial charge in [-0.25, -0.2) is 18.0 Å². The fraction of sp³-hybridized carbons (Fsp3) is 0.263.